The third kappa shape index (κ3) is 4.53. The molecule has 6 nitrogen and oxygen atoms in total. The van der Waals surface area contributed by atoms with Crippen LogP contribution >= 0.6 is 0 Å². The van der Waals surface area contributed by atoms with Crippen molar-refractivity contribution in [2.75, 3.05) is 42.0 Å². The van der Waals surface area contributed by atoms with Crippen LogP contribution < -0.4 is 14.2 Å². The van der Waals surface area contributed by atoms with E-state index in [9.17, 15) is 4.79 Å². The molecule has 0 saturated heterocycles. The second kappa shape index (κ2) is 7.73. The molecule has 0 fully saturated rings. The molecule has 0 heterocycles. The predicted octanol–water partition coefficient (Wildman–Crippen LogP) is 1.82. The van der Waals surface area contributed by atoms with Crippen LogP contribution in [0.25, 0.3) is 0 Å². The zero-order valence-corrected chi connectivity index (χ0v) is 13.4. The van der Waals surface area contributed by atoms with E-state index in [1.165, 1.54) is 21.3 Å². The molecule has 0 N–H and O–H groups in total. The Bertz CT molecular complexity index is 462. The summed E-state index contributed by atoms with van der Waals surface area (Å²) in [6.07, 6.45) is -0.216. The lowest BCUT2D eigenvalue weighted by atomic mass is 10.2. The number of nitrogens with zero attached hydrogens (tertiary/aromatic N) is 1. The molecule has 1 unspecified atom stereocenters. The number of carbonyl (C=O) groups excluding carboxylic acids is 1. The van der Waals surface area contributed by atoms with Crippen molar-refractivity contribution < 1.29 is 23.7 Å². The van der Waals surface area contributed by atoms with E-state index in [0.717, 1.165) is 0 Å². The molecule has 0 spiro atoms. The number of rotatable bonds is 7. The average Bonchev–Trinajstić information content (AvgIpc) is 2.44. The van der Waals surface area contributed by atoms with E-state index in [4.69, 9.17) is 18.9 Å². The summed E-state index contributed by atoms with van der Waals surface area (Å²) in [6.45, 7) is 2.49. The van der Waals surface area contributed by atoms with Gasteiger partial charge >= 0.3 is 5.97 Å². The van der Waals surface area contributed by atoms with Crippen molar-refractivity contribution in [2.45, 2.75) is 13.0 Å². The van der Waals surface area contributed by atoms with Gasteiger partial charge in [0.15, 0.2) is 11.5 Å². The van der Waals surface area contributed by atoms with Crippen molar-refractivity contribution in [3.63, 3.8) is 0 Å². The molecular weight excluding hydrogens is 274 g/mol. The Hall–Kier alpha value is -1.95. The van der Waals surface area contributed by atoms with Gasteiger partial charge in [-0.1, -0.05) is 0 Å². The van der Waals surface area contributed by atoms with Crippen molar-refractivity contribution in [1.82, 2.24) is 4.90 Å². The van der Waals surface area contributed by atoms with Crippen LogP contribution in [0, 0.1) is 0 Å². The van der Waals surface area contributed by atoms with Crippen LogP contribution in [0.5, 0.6) is 17.2 Å². The lowest BCUT2D eigenvalue weighted by Crippen LogP contribution is -2.28. The van der Waals surface area contributed by atoms with Gasteiger partial charge in [0.1, 0.15) is 6.10 Å². The van der Waals surface area contributed by atoms with Gasteiger partial charge in [-0.25, -0.2) is 4.79 Å². The highest BCUT2D eigenvalue weighted by molar-refractivity contribution is 5.91. The number of methoxy groups -OCH3 is 3. The number of hydrogen-bond acceptors (Lipinski definition) is 6. The van der Waals surface area contributed by atoms with Crippen LogP contribution in [0.3, 0.4) is 0 Å². The number of esters is 1. The lowest BCUT2D eigenvalue weighted by molar-refractivity contribution is 0.0288. The third-order valence-electron chi connectivity index (χ3n) is 2.83. The lowest BCUT2D eigenvalue weighted by Gasteiger charge is -2.18. The maximum Gasteiger partial charge on any atom is 0.338 e. The molecule has 0 aliphatic heterocycles. The Kier molecular flexibility index (Phi) is 6.30. The predicted molar refractivity (Wildman–Crippen MR) is 79.5 cm³/mol. The van der Waals surface area contributed by atoms with Gasteiger partial charge < -0.3 is 23.8 Å². The molecule has 1 atom stereocenters. The van der Waals surface area contributed by atoms with E-state index >= 15 is 0 Å². The fraction of sp³-hybridized carbons (Fsp3) is 0.533. The largest absolute Gasteiger partial charge is 0.493 e. The molecule has 118 valence electrons. The van der Waals surface area contributed by atoms with E-state index in [-0.39, 0.29) is 6.10 Å². The Morgan fingerprint density at radius 1 is 1.10 bits per heavy atom. The molecule has 0 bridgehead atoms. The summed E-state index contributed by atoms with van der Waals surface area (Å²) in [5.41, 5.74) is 0.357. The topological polar surface area (TPSA) is 57.2 Å². The van der Waals surface area contributed by atoms with E-state index in [2.05, 4.69) is 0 Å². The van der Waals surface area contributed by atoms with Gasteiger partial charge in [0.2, 0.25) is 5.75 Å². The Morgan fingerprint density at radius 3 is 2.00 bits per heavy atom. The van der Waals surface area contributed by atoms with Crippen molar-refractivity contribution >= 4 is 5.97 Å². The van der Waals surface area contributed by atoms with Crippen molar-refractivity contribution in [2.24, 2.45) is 0 Å². The van der Waals surface area contributed by atoms with Crippen molar-refractivity contribution in [3.8, 4) is 17.2 Å². The van der Waals surface area contributed by atoms with Gasteiger partial charge in [-0.2, -0.15) is 0 Å². The normalized spacial score (nSPS) is 12.0. The maximum absolute atomic E-state index is 12.2. The first-order chi connectivity index (χ1) is 9.92. The molecule has 0 aliphatic rings. The molecule has 6 heteroatoms. The summed E-state index contributed by atoms with van der Waals surface area (Å²) in [6, 6.07) is 3.15. The zero-order chi connectivity index (χ0) is 16.0. The van der Waals surface area contributed by atoms with E-state index < -0.39 is 5.97 Å². The Labute approximate surface area is 125 Å². The van der Waals surface area contributed by atoms with Gasteiger partial charge in [-0.05, 0) is 33.2 Å². The molecule has 21 heavy (non-hydrogen) atoms. The number of likely N-dealkylation sites (N-methyl/N-ethyl adjacent to an activating group) is 1. The first kappa shape index (κ1) is 17.1. The Morgan fingerprint density at radius 2 is 1.62 bits per heavy atom. The summed E-state index contributed by atoms with van der Waals surface area (Å²) in [5.74, 6) is 0.856. The minimum atomic E-state index is -0.427. The highest BCUT2D eigenvalue weighted by Crippen LogP contribution is 2.38. The number of carbonyl (C=O) groups is 1. The summed E-state index contributed by atoms with van der Waals surface area (Å²) in [4.78, 5) is 14.1. The van der Waals surface area contributed by atoms with Gasteiger partial charge in [0.25, 0.3) is 0 Å². The molecule has 1 aromatic rings. The fourth-order valence-corrected chi connectivity index (χ4v) is 2.00. The van der Waals surface area contributed by atoms with Gasteiger partial charge in [-0.3, -0.25) is 0 Å². The molecule has 0 saturated carbocycles. The minimum absolute atomic E-state index is 0.216. The second-order valence-corrected chi connectivity index (χ2v) is 4.89. The van der Waals surface area contributed by atoms with Crippen LogP contribution in [-0.2, 0) is 4.74 Å². The Balaban J connectivity index is 2.99. The van der Waals surface area contributed by atoms with Gasteiger partial charge in [0, 0.05) is 6.54 Å². The number of benzene rings is 1. The molecule has 0 aromatic heterocycles. The molecule has 1 rings (SSSR count). The summed E-state index contributed by atoms with van der Waals surface area (Å²) in [7, 11) is 8.35. The van der Waals surface area contributed by atoms with Crippen molar-refractivity contribution in [3.05, 3.63) is 17.7 Å². The average molecular weight is 297 g/mol. The van der Waals surface area contributed by atoms with Crippen LogP contribution in [0.4, 0.5) is 0 Å². The van der Waals surface area contributed by atoms with Gasteiger partial charge in [0.05, 0.1) is 26.9 Å². The number of ether oxygens (including phenoxy) is 4. The number of hydrogen-bond donors (Lipinski definition) is 0. The first-order valence-corrected chi connectivity index (χ1v) is 6.58. The van der Waals surface area contributed by atoms with Crippen molar-refractivity contribution in [1.29, 1.82) is 0 Å². The van der Waals surface area contributed by atoms with E-state index in [1.54, 1.807) is 12.1 Å². The summed E-state index contributed by atoms with van der Waals surface area (Å²) in [5, 5.41) is 0. The molecule has 0 radical (unpaired) electrons. The zero-order valence-electron chi connectivity index (χ0n) is 13.4. The highest BCUT2D eigenvalue weighted by Gasteiger charge is 2.19. The SMILES string of the molecule is COc1cc(C(=O)OC(C)CN(C)C)cc(OC)c1OC. The second-order valence-electron chi connectivity index (χ2n) is 4.89. The quantitative estimate of drug-likeness (QED) is 0.716. The van der Waals surface area contributed by atoms with Crippen LogP contribution in [0.15, 0.2) is 12.1 Å². The third-order valence-corrected chi connectivity index (χ3v) is 2.83. The summed E-state index contributed by atoms with van der Waals surface area (Å²) >= 11 is 0. The monoisotopic (exact) mass is 297 g/mol. The summed E-state index contributed by atoms with van der Waals surface area (Å²) < 4.78 is 21.0. The molecular formula is C15H23NO5. The van der Waals surface area contributed by atoms with Gasteiger partial charge in [-0.15, -0.1) is 0 Å². The maximum atomic E-state index is 12.2. The molecule has 1 aromatic carbocycles. The first-order valence-electron chi connectivity index (χ1n) is 6.58. The standard InChI is InChI=1S/C15H23NO5/c1-10(9-16(2)3)21-15(17)11-7-12(18-4)14(20-6)13(8-11)19-5/h7-8,10H,9H2,1-6H3. The molecule has 0 aliphatic carbocycles. The van der Waals surface area contributed by atoms with E-state index in [1.807, 2.05) is 25.9 Å². The van der Waals surface area contributed by atoms with Crippen LogP contribution in [0.1, 0.15) is 17.3 Å². The smallest absolute Gasteiger partial charge is 0.338 e. The minimum Gasteiger partial charge on any atom is -0.493 e. The van der Waals surface area contributed by atoms with Crippen LogP contribution in [0.2, 0.25) is 0 Å². The molecule has 0 amide bonds. The van der Waals surface area contributed by atoms with E-state index in [0.29, 0.717) is 29.4 Å². The fourth-order valence-electron chi connectivity index (χ4n) is 2.00. The van der Waals surface area contributed by atoms with Crippen LogP contribution in [-0.4, -0.2) is 58.9 Å². The highest BCUT2D eigenvalue weighted by atomic mass is 16.5.